The van der Waals surface area contributed by atoms with Crippen molar-refractivity contribution in [1.82, 2.24) is 4.72 Å². The number of benzene rings is 1. The van der Waals surface area contributed by atoms with E-state index < -0.39 is 22.0 Å². The largest absolute Gasteiger partial charge is 0.496 e. The highest BCUT2D eigenvalue weighted by Crippen LogP contribution is 2.32. The van der Waals surface area contributed by atoms with Gasteiger partial charge in [0.15, 0.2) is 0 Å². The van der Waals surface area contributed by atoms with Crippen LogP contribution in [0.2, 0.25) is 0 Å². The minimum absolute atomic E-state index is 0.207. The van der Waals surface area contributed by atoms with Crippen LogP contribution in [0.1, 0.15) is 55.2 Å². The molecule has 0 aliphatic heterocycles. The fourth-order valence-electron chi connectivity index (χ4n) is 3.98. The summed E-state index contributed by atoms with van der Waals surface area (Å²) in [6.07, 6.45) is 5.97. The minimum atomic E-state index is -3.88. The van der Waals surface area contributed by atoms with Crippen LogP contribution in [-0.4, -0.2) is 34.6 Å². The Morgan fingerprint density at radius 2 is 1.78 bits per heavy atom. The second-order valence-corrected chi connectivity index (χ2v) is 9.06. The molecule has 0 spiro atoms. The van der Waals surface area contributed by atoms with Gasteiger partial charge in [-0.2, -0.15) is 4.72 Å². The van der Waals surface area contributed by atoms with Crippen LogP contribution in [0, 0.1) is 26.7 Å². The van der Waals surface area contributed by atoms with Crippen molar-refractivity contribution in [2.45, 2.75) is 70.2 Å². The van der Waals surface area contributed by atoms with Crippen LogP contribution in [0.5, 0.6) is 5.75 Å². The standard InChI is InChI=1S/C20H31NO5S/c1-13-11-18(25-4)14(2)15(3)19(13)27(23,24)21-17(20(22)26-5)12-16-9-7-6-8-10-16/h11,16-17,21H,6-10,12H2,1-5H3. The van der Waals surface area contributed by atoms with Gasteiger partial charge >= 0.3 is 5.97 Å². The smallest absolute Gasteiger partial charge is 0.323 e. The number of carbonyl (C=O) groups excluding carboxylic acids is 1. The monoisotopic (exact) mass is 397 g/mol. The molecular weight excluding hydrogens is 366 g/mol. The van der Waals surface area contributed by atoms with Gasteiger partial charge < -0.3 is 9.47 Å². The molecule has 27 heavy (non-hydrogen) atoms. The Kier molecular flexibility index (Phi) is 7.28. The average molecular weight is 398 g/mol. The Bertz CT molecular complexity index is 782. The fraction of sp³-hybridized carbons (Fsp3) is 0.650. The molecule has 1 aromatic carbocycles. The van der Waals surface area contributed by atoms with Crippen molar-refractivity contribution in [2.24, 2.45) is 5.92 Å². The summed E-state index contributed by atoms with van der Waals surface area (Å²) in [5.74, 6) is 0.450. The van der Waals surface area contributed by atoms with Crippen LogP contribution < -0.4 is 9.46 Å². The van der Waals surface area contributed by atoms with Crippen molar-refractivity contribution in [3.05, 3.63) is 22.8 Å². The normalized spacial score (nSPS) is 16.8. The first-order chi connectivity index (χ1) is 12.7. The van der Waals surface area contributed by atoms with Gasteiger partial charge in [0.05, 0.1) is 19.1 Å². The highest BCUT2D eigenvalue weighted by atomic mass is 32.2. The Hall–Kier alpha value is -1.60. The molecule has 1 N–H and O–H groups in total. The van der Waals surface area contributed by atoms with Crippen molar-refractivity contribution in [2.75, 3.05) is 14.2 Å². The number of aryl methyl sites for hydroxylation is 1. The molecule has 2 rings (SSSR count). The van der Waals surface area contributed by atoms with E-state index in [4.69, 9.17) is 9.47 Å². The highest BCUT2D eigenvalue weighted by Gasteiger charge is 2.31. The molecule has 1 aromatic rings. The van der Waals surface area contributed by atoms with Gasteiger partial charge in [0, 0.05) is 0 Å². The third kappa shape index (κ3) is 5.02. The summed E-state index contributed by atoms with van der Waals surface area (Å²) in [5.41, 5.74) is 1.98. The molecule has 0 heterocycles. The lowest BCUT2D eigenvalue weighted by molar-refractivity contribution is -0.143. The van der Waals surface area contributed by atoms with E-state index in [1.807, 2.05) is 6.92 Å². The van der Waals surface area contributed by atoms with Crippen molar-refractivity contribution in [1.29, 1.82) is 0 Å². The minimum Gasteiger partial charge on any atom is -0.496 e. The molecule has 1 atom stereocenters. The second kappa shape index (κ2) is 9.06. The maximum atomic E-state index is 13.1. The van der Waals surface area contributed by atoms with Crippen LogP contribution in [-0.2, 0) is 19.6 Å². The van der Waals surface area contributed by atoms with E-state index in [0.717, 1.165) is 31.2 Å². The maximum Gasteiger partial charge on any atom is 0.323 e. The molecule has 1 aliphatic rings. The predicted octanol–water partition coefficient (Wildman–Crippen LogP) is 3.41. The van der Waals surface area contributed by atoms with E-state index >= 15 is 0 Å². The summed E-state index contributed by atoms with van der Waals surface area (Å²) < 4.78 is 39.1. The first-order valence-electron chi connectivity index (χ1n) is 9.46. The maximum absolute atomic E-state index is 13.1. The fourth-order valence-corrected chi connectivity index (χ4v) is 5.71. The quantitative estimate of drug-likeness (QED) is 0.713. The zero-order valence-corrected chi connectivity index (χ0v) is 17.7. The number of carbonyl (C=O) groups is 1. The molecule has 7 heteroatoms. The molecule has 0 radical (unpaired) electrons. The van der Waals surface area contributed by atoms with Gasteiger partial charge in [0.25, 0.3) is 0 Å². The van der Waals surface area contributed by atoms with Crippen molar-refractivity contribution in [3.63, 3.8) is 0 Å². The predicted molar refractivity (Wildman–Crippen MR) is 105 cm³/mol. The lowest BCUT2D eigenvalue weighted by Gasteiger charge is -2.26. The Morgan fingerprint density at radius 1 is 1.15 bits per heavy atom. The van der Waals surface area contributed by atoms with Gasteiger partial charge in [-0.3, -0.25) is 4.79 Å². The Morgan fingerprint density at radius 3 is 2.33 bits per heavy atom. The number of sulfonamides is 1. The van der Waals surface area contributed by atoms with Crippen LogP contribution in [0.4, 0.5) is 0 Å². The van der Waals surface area contributed by atoms with Gasteiger partial charge in [-0.1, -0.05) is 32.1 Å². The first-order valence-corrected chi connectivity index (χ1v) is 10.9. The van der Waals surface area contributed by atoms with E-state index in [9.17, 15) is 13.2 Å². The Balaban J connectivity index is 2.33. The van der Waals surface area contributed by atoms with Gasteiger partial charge in [-0.15, -0.1) is 0 Å². The summed E-state index contributed by atoms with van der Waals surface area (Å²) in [7, 11) is -1.03. The van der Waals surface area contributed by atoms with Gasteiger partial charge in [0.1, 0.15) is 11.8 Å². The molecular formula is C20H31NO5S. The van der Waals surface area contributed by atoms with Gasteiger partial charge in [-0.25, -0.2) is 8.42 Å². The molecule has 1 aliphatic carbocycles. The van der Waals surface area contributed by atoms with Crippen LogP contribution >= 0.6 is 0 Å². The number of hydrogen-bond acceptors (Lipinski definition) is 5. The molecule has 1 saturated carbocycles. The van der Waals surface area contributed by atoms with Gasteiger partial charge in [0.2, 0.25) is 10.0 Å². The zero-order valence-electron chi connectivity index (χ0n) is 16.9. The number of ether oxygens (including phenoxy) is 2. The molecule has 0 bridgehead atoms. The van der Waals surface area contributed by atoms with E-state index in [0.29, 0.717) is 29.2 Å². The second-order valence-electron chi connectivity index (χ2n) is 7.41. The number of hydrogen-bond donors (Lipinski definition) is 1. The molecule has 1 unspecified atom stereocenters. The van der Waals surface area contributed by atoms with Crippen LogP contribution in [0.15, 0.2) is 11.0 Å². The molecule has 6 nitrogen and oxygen atoms in total. The molecule has 0 amide bonds. The number of rotatable bonds is 7. The SMILES string of the molecule is COC(=O)C(CC1CCCCC1)NS(=O)(=O)c1c(C)cc(OC)c(C)c1C. The van der Waals surface area contributed by atoms with E-state index in [-0.39, 0.29) is 4.90 Å². The highest BCUT2D eigenvalue weighted by molar-refractivity contribution is 7.89. The molecule has 0 saturated heterocycles. The number of esters is 1. The summed E-state index contributed by atoms with van der Waals surface area (Å²) in [6, 6.07) is 0.842. The van der Waals surface area contributed by atoms with E-state index in [2.05, 4.69) is 4.72 Å². The zero-order chi connectivity index (χ0) is 20.2. The third-order valence-corrected chi connectivity index (χ3v) is 7.30. The third-order valence-electron chi connectivity index (χ3n) is 5.54. The van der Waals surface area contributed by atoms with Crippen molar-refractivity contribution >= 4 is 16.0 Å². The molecule has 0 aromatic heterocycles. The summed E-state index contributed by atoms with van der Waals surface area (Å²) in [5, 5.41) is 0. The summed E-state index contributed by atoms with van der Waals surface area (Å²) >= 11 is 0. The van der Waals surface area contributed by atoms with E-state index in [1.54, 1.807) is 27.0 Å². The van der Waals surface area contributed by atoms with E-state index in [1.165, 1.54) is 13.5 Å². The topological polar surface area (TPSA) is 81.7 Å². The van der Waals surface area contributed by atoms with Crippen LogP contribution in [0.25, 0.3) is 0 Å². The average Bonchev–Trinajstić information content (AvgIpc) is 2.64. The number of nitrogens with one attached hydrogen (secondary N) is 1. The summed E-state index contributed by atoms with van der Waals surface area (Å²) in [6.45, 7) is 5.32. The van der Waals surface area contributed by atoms with Crippen molar-refractivity contribution in [3.8, 4) is 5.75 Å². The molecule has 1 fully saturated rings. The van der Waals surface area contributed by atoms with Crippen molar-refractivity contribution < 1.29 is 22.7 Å². The first kappa shape index (κ1) is 21.7. The lowest BCUT2D eigenvalue weighted by Crippen LogP contribution is -2.43. The summed E-state index contributed by atoms with van der Waals surface area (Å²) in [4.78, 5) is 12.5. The molecule has 152 valence electrons. The lowest BCUT2D eigenvalue weighted by atomic mass is 9.85. The number of methoxy groups -OCH3 is 2. The Labute approximate surface area is 162 Å². The van der Waals surface area contributed by atoms with Crippen LogP contribution in [0.3, 0.4) is 0 Å². The van der Waals surface area contributed by atoms with Gasteiger partial charge in [-0.05, 0) is 55.9 Å².